The van der Waals surface area contributed by atoms with Crippen molar-refractivity contribution in [2.24, 2.45) is 11.8 Å². The van der Waals surface area contributed by atoms with Gasteiger partial charge in [-0.25, -0.2) is 5.43 Å². The summed E-state index contributed by atoms with van der Waals surface area (Å²) in [5.41, 5.74) is 3.49. The fourth-order valence-electron chi connectivity index (χ4n) is 3.38. The molecule has 7 nitrogen and oxygen atoms in total. The standard InChI is InChI=1S/C17H27Cl2N5O2.C2H6.CH3I/c1-4-12(8-20)24(21-3)10-15(25)23-7-5-6-14(23)16(26)22-9-13-11(2)17(13,18)19;2*1-2/h4,8,11,13-14,20-21H,5-7,9-10H2,1-3H3,(H,22,26);1-2H3;1H3/b12-4-,20-8?;;. The van der Waals surface area contributed by atoms with E-state index in [1.807, 2.05) is 25.7 Å². The Hall–Kier alpha value is -0.580. The predicted octanol–water partition coefficient (Wildman–Crippen LogP) is 3.60. The lowest BCUT2D eigenvalue weighted by Gasteiger charge is -2.29. The van der Waals surface area contributed by atoms with Crippen molar-refractivity contribution < 1.29 is 9.59 Å². The van der Waals surface area contributed by atoms with Crippen molar-refractivity contribution in [2.45, 2.75) is 50.9 Å². The van der Waals surface area contributed by atoms with Crippen LogP contribution in [0.25, 0.3) is 0 Å². The number of hydrogen-bond donors (Lipinski definition) is 3. The van der Waals surface area contributed by atoms with Gasteiger partial charge in [0.15, 0.2) is 0 Å². The van der Waals surface area contributed by atoms with Gasteiger partial charge in [0.1, 0.15) is 16.9 Å². The highest BCUT2D eigenvalue weighted by Gasteiger charge is 2.60. The van der Waals surface area contributed by atoms with Crippen molar-refractivity contribution in [1.29, 1.82) is 5.41 Å². The molecule has 2 amide bonds. The number of halogens is 3. The minimum atomic E-state index is -0.762. The summed E-state index contributed by atoms with van der Waals surface area (Å²) in [5.74, 6) is -0.114. The van der Waals surface area contributed by atoms with E-state index in [9.17, 15) is 9.59 Å². The van der Waals surface area contributed by atoms with Gasteiger partial charge in [-0.3, -0.25) is 14.6 Å². The third-order valence-electron chi connectivity index (χ3n) is 5.29. The smallest absolute Gasteiger partial charge is 0.244 e. The van der Waals surface area contributed by atoms with Crippen LogP contribution in [0, 0.1) is 17.2 Å². The molecule has 0 spiro atoms. The van der Waals surface area contributed by atoms with Crippen molar-refractivity contribution >= 4 is 63.8 Å². The number of allylic oxidation sites excluding steroid dienone is 2. The molecule has 3 unspecified atom stereocenters. The number of nitrogens with one attached hydrogen (secondary N) is 3. The van der Waals surface area contributed by atoms with Crippen LogP contribution in [0.4, 0.5) is 0 Å². The van der Waals surface area contributed by atoms with Gasteiger partial charge in [0.25, 0.3) is 0 Å². The molecule has 10 heteroatoms. The number of nitrogens with zero attached hydrogens (tertiary/aromatic N) is 2. The Balaban J connectivity index is 0.00000198. The van der Waals surface area contributed by atoms with Crippen LogP contribution in [-0.2, 0) is 9.59 Å². The van der Waals surface area contributed by atoms with Gasteiger partial charge in [-0.05, 0) is 30.6 Å². The van der Waals surface area contributed by atoms with Crippen LogP contribution < -0.4 is 10.7 Å². The van der Waals surface area contributed by atoms with E-state index in [1.54, 1.807) is 30.0 Å². The molecule has 1 aliphatic carbocycles. The fraction of sp³-hybridized carbons (Fsp3) is 0.750. The highest BCUT2D eigenvalue weighted by molar-refractivity contribution is 14.1. The van der Waals surface area contributed by atoms with Crippen molar-refractivity contribution in [2.75, 3.05) is 31.6 Å². The van der Waals surface area contributed by atoms with E-state index in [4.69, 9.17) is 28.6 Å². The van der Waals surface area contributed by atoms with Crippen molar-refractivity contribution in [3.63, 3.8) is 0 Å². The summed E-state index contributed by atoms with van der Waals surface area (Å²) in [7, 11) is 1.69. The van der Waals surface area contributed by atoms with Gasteiger partial charge >= 0.3 is 0 Å². The monoisotopic (exact) mass is 575 g/mol. The first-order valence-electron chi connectivity index (χ1n) is 10.2. The molecule has 1 saturated carbocycles. The fourth-order valence-corrected chi connectivity index (χ4v) is 4.09. The second-order valence-corrected chi connectivity index (χ2v) is 8.17. The lowest BCUT2D eigenvalue weighted by Crippen LogP contribution is -2.50. The Morgan fingerprint density at radius 3 is 2.33 bits per heavy atom. The third kappa shape index (κ3) is 7.53. The van der Waals surface area contributed by atoms with E-state index in [2.05, 4.69) is 33.3 Å². The predicted molar refractivity (Wildman–Crippen MR) is 134 cm³/mol. The molecule has 3 N–H and O–H groups in total. The van der Waals surface area contributed by atoms with E-state index < -0.39 is 10.4 Å². The molecular formula is C20H36Cl2IN5O2. The number of hydrogen-bond acceptors (Lipinski definition) is 5. The van der Waals surface area contributed by atoms with Gasteiger partial charge in [0.2, 0.25) is 11.8 Å². The Morgan fingerprint density at radius 2 is 1.90 bits per heavy atom. The van der Waals surface area contributed by atoms with Gasteiger partial charge in [-0.1, -0.05) is 49.4 Å². The van der Waals surface area contributed by atoms with E-state index >= 15 is 0 Å². The Kier molecular flexibility index (Phi) is 14.2. The van der Waals surface area contributed by atoms with Gasteiger partial charge in [0, 0.05) is 32.3 Å². The zero-order valence-electron chi connectivity index (χ0n) is 18.8. The first-order valence-corrected chi connectivity index (χ1v) is 13.1. The zero-order chi connectivity index (χ0) is 23.5. The van der Waals surface area contributed by atoms with Crippen LogP contribution in [0.5, 0.6) is 0 Å². The molecule has 2 rings (SSSR count). The highest BCUT2D eigenvalue weighted by Crippen LogP contribution is 2.58. The van der Waals surface area contributed by atoms with Crippen LogP contribution in [0.2, 0.25) is 0 Å². The molecule has 1 heterocycles. The maximum absolute atomic E-state index is 12.7. The summed E-state index contributed by atoms with van der Waals surface area (Å²) in [6.07, 6.45) is 4.36. The van der Waals surface area contributed by atoms with Gasteiger partial charge < -0.3 is 15.6 Å². The molecule has 2 aliphatic rings. The van der Waals surface area contributed by atoms with Crippen LogP contribution in [0.1, 0.15) is 40.5 Å². The highest BCUT2D eigenvalue weighted by atomic mass is 127. The molecule has 0 radical (unpaired) electrons. The molecule has 0 bridgehead atoms. The number of amides is 2. The van der Waals surface area contributed by atoms with Crippen LogP contribution in [-0.4, -0.2) is 69.9 Å². The zero-order valence-corrected chi connectivity index (χ0v) is 22.4. The van der Waals surface area contributed by atoms with Crippen LogP contribution in [0.15, 0.2) is 11.8 Å². The maximum Gasteiger partial charge on any atom is 0.244 e. The lowest BCUT2D eigenvalue weighted by molar-refractivity contribution is -0.139. The Bertz CT molecular complexity index is 604. The lowest BCUT2D eigenvalue weighted by atomic mass is 10.2. The van der Waals surface area contributed by atoms with Gasteiger partial charge in [-0.15, -0.1) is 23.2 Å². The average molecular weight is 576 g/mol. The Morgan fingerprint density at radius 1 is 1.33 bits per heavy atom. The molecule has 30 heavy (non-hydrogen) atoms. The van der Waals surface area contributed by atoms with E-state index in [0.717, 1.165) is 6.42 Å². The summed E-state index contributed by atoms with van der Waals surface area (Å²) in [4.78, 5) is 28.8. The summed E-state index contributed by atoms with van der Waals surface area (Å²) in [5, 5.41) is 11.9. The number of hydrazine groups is 1. The van der Waals surface area contributed by atoms with Crippen LogP contribution in [0.3, 0.4) is 0 Å². The number of rotatable bonds is 8. The second kappa shape index (κ2) is 14.5. The molecule has 0 aromatic heterocycles. The largest absolute Gasteiger partial charge is 0.354 e. The third-order valence-corrected chi connectivity index (χ3v) is 6.54. The van der Waals surface area contributed by atoms with Crippen LogP contribution >= 0.6 is 45.8 Å². The Labute approximate surface area is 204 Å². The molecular weight excluding hydrogens is 540 g/mol. The first kappa shape index (κ1) is 29.4. The van der Waals surface area contributed by atoms with E-state index in [1.165, 1.54) is 6.21 Å². The summed E-state index contributed by atoms with van der Waals surface area (Å²) in [6, 6.07) is -0.468. The number of alkyl halides is 3. The molecule has 1 saturated heterocycles. The molecule has 0 aromatic rings. The normalized spacial score (nSPS) is 24.0. The minimum absolute atomic E-state index is 0.0463. The molecule has 2 fully saturated rings. The van der Waals surface area contributed by atoms with Gasteiger partial charge in [-0.2, -0.15) is 0 Å². The van der Waals surface area contributed by atoms with Crippen molar-refractivity contribution in [3.05, 3.63) is 11.8 Å². The summed E-state index contributed by atoms with van der Waals surface area (Å²) in [6.45, 7) is 8.79. The summed E-state index contributed by atoms with van der Waals surface area (Å²) < 4.78 is -0.762. The first-order chi connectivity index (χ1) is 14.3. The quantitative estimate of drug-likeness (QED) is 0.179. The van der Waals surface area contributed by atoms with Gasteiger partial charge in [0.05, 0.1) is 5.70 Å². The summed E-state index contributed by atoms with van der Waals surface area (Å²) >= 11 is 14.4. The topological polar surface area (TPSA) is 88.5 Å². The van der Waals surface area contributed by atoms with Crippen molar-refractivity contribution in [1.82, 2.24) is 20.7 Å². The van der Waals surface area contributed by atoms with E-state index in [0.29, 0.717) is 25.2 Å². The molecule has 1 aliphatic heterocycles. The minimum Gasteiger partial charge on any atom is -0.354 e. The second-order valence-electron chi connectivity index (χ2n) is 6.73. The maximum atomic E-state index is 12.7. The van der Waals surface area contributed by atoms with E-state index in [-0.39, 0.29) is 30.2 Å². The average Bonchev–Trinajstić information content (AvgIpc) is 3.11. The molecule has 174 valence electrons. The number of likely N-dealkylation sites (tertiary alicyclic amines) is 1. The SMILES string of the molecule is C/C=C(/C=N)N(CC(=O)N1CCCC1C(=O)NCC1C(C)C1(Cl)Cl)NC.CC.CI. The molecule has 0 aromatic carbocycles. The number of carbonyl (C=O) groups is 2. The number of carbonyl (C=O) groups excluding carboxylic acids is 2. The van der Waals surface area contributed by atoms with Crippen molar-refractivity contribution in [3.8, 4) is 0 Å². The molecule has 3 atom stereocenters.